The van der Waals surface area contributed by atoms with Crippen molar-refractivity contribution in [2.24, 2.45) is 0 Å². The highest BCUT2D eigenvalue weighted by Gasteiger charge is 2.35. The molecule has 0 radical (unpaired) electrons. The molecule has 28 heavy (non-hydrogen) atoms. The number of rotatable bonds is 5. The van der Waals surface area contributed by atoms with Crippen LogP contribution < -0.4 is 0 Å². The van der Waals surface area contributed by atoms with Gasteiger partial charge in [-0.3, -0.25) is 4.79 Å². The second-order valence-corrected chi connectivity index (χ2v) is 6.70. The molecule has 0 atom stereocenters. The third-order valence-electron chi connectivity index (χ3n) is 3.76. The molecule has 0 saturated heterocycles. The van der Waals surface area contributed by atoms with E-state index in [-0.39, 0.29) is 33.3 Å². The first kappa shape index (κ1) is 22.0. The van der Waals surface area contributed by atoms with Crippen LogP contribution in [0.3, 0.4) is 0 Å². The average Bonchev–Trinajstić information content (AvgIpc) is 2.57. The predicted molar refractivity (Wildman–Crippen MR) is 102 cm³/mol. The summed E-state index contributed by atoms with van der Waals surface area (Å²) < 4.78 is 45.4. The summed E-state index contributed by atoms with van der Waals surface area (Å²) in [4.78, 5) is 24.3. The summed E-state index contributed by atoms with van der Waals surface area (Å²) in [6.07, 6.45) is -4.32. The number of allylic oxidation sites excluding steroid dienone is 2. The number of carbonyl (C=O) groups excluding carboxylic acids is 2. The number of ether oxygens (including phenoxy) is 1. The molecule has 0 unspecified atom stereocenters. The van der Waals surface area contributed by atoms with Gasteiger partial charge in [-0.25, -0.2) is 4.79 Å². The van der Waals surface area contributed by atoms with Gasteiger partial charge in [0.15, 0.2) is 5.78 Å². The molecule has 2 aromatic carbocycles. The van der Waals surface area contributed by atoms with Crippen molar-refractivity contribution in [3.63, 3.8) is 0 Å². The molecule has 0 saturated carbocycles. The predicted octanol–water partition coefficient (Wildman–Crippen LogP) is 6.31. The Morgan fingerprint density at radius 3 is 2.14 bits per heavy atom. The van der Waals surface area contributed by atoms with Crippen LogP contribution in [-0.4, -0.2) is 24.5 Å². The zero-order valence-electron chi connectivity index (χ0n) is 14.9. The van der Waals surface area contributed by atoms with Gasteiger partial charge in [0.2, 0.25) is 0 Å². The van der Waals surface area contributed by atoms with Gasteiger partial charge in [-0.2, -0.15) is 13.2 Å². The Morgan fingerprint density at radius 1 is 1.04 bits per heavy atom. The quantitative estimate of drug-likeness (QED) is 0.317. The molecule has 8 heteroatoms. The van der Waals surface area contributed by atoms with Crippen LogP contribution in [0.4, 0.5) is 13.2 Å². The van der Waals surface area contributed by atoms with Crippen LogP contribution in [0.2, 0.25) is 10.0 Å². The number of esters is 1. The van der Waals surface area contributed by atoms with Crippen LogP contribution in [0.15, 0.2) is 42.5 Å². The number of carbonyl (C=O) groups is 2. The van der Waals surface area contributed by atoms with Gasteiger partial charge in [0.25, 0.3) is 0 Å². The van der Waals surface area contributed by atoms with Crippen molar-refractivity contribution in [3.8, 4) is 0 Å². The second-order valence-electron chi connectivity index (χ2n) is 5.83. The number of aryl methyl sites for hydroxylation is 1. The standard InChI is InChI=1S/C20H15Cl2F3O3/c1-3-28-19(27)16-5-4-12(6-11(16)2)18(26)10-17(20(23,24)25)13-7-14(21)9-15(22)8-13/h4-10H,3H2,1-2H3/b17-10+. The third-order valence-corrected chi connectivity index (χ3v) is 4.20. The summed E-state index contributed by atoms with van der Waals surface area (Å²) in [7, 11) is 0. The molecule has 0 N–H and O–H groups in total. The zero-order chi connectivity index (χ0) is 21.1. The molecule has 0 amide bonds. The van der Waals surface area contributed by atoms with Crippen LogP contribution in [0, 0.1) is 6.92 Å². The van der Waals surface area contributed by atoms with E-state index in [9.17, 15) is 22.8 Å². The fourth-order valence-electron chi connectivity index (χ4n) is 2.51. The van der Waals surface area contributed by atoms with Crippen LogP contribution >= 0.6 is 23.2 Å². The van der Waals surface area contributed by atoms with Crippen molar-refractivity contribution in [3.05, 3.63) is 74.8 Å². The topological polar surface area (TPSA) is 43.4 Å². The van der Waals surface area contributed by atoms with E-state index in [1.54, 1.807) is 13.8 Å². The fourth-order valence-corrected chi connectivity index (χ4v) is 3.03. The molecule has 2 rings (SSSR count). The van der Waals surface area contributed by atoms with Crippen LogP contribution in [0.25, 0.3) is 5.57 Å². The molecular formula is C20H15Cl2F3O3. The van der Waals surface area contributed by atoms with Gasteiger partial charge < -0.3 is 4.74 Å². The van der Waals surface area contributed by atoms with Crippen molar-refractivity contribution in [2.75, 3.05) is 6.61 Å². The van der Waals surface area contributed by atoms with Crippen molar-refractivity contribution in [2.45, 2.75) is 20.0 Å². The van der Waals surface area contributed by atoms with Crippen molar-refractivity contribution in [1.29, 1.82) is 0 Å². The largest absolute Gasteiger partial charge is 0.462 e. The van der Waals surface area contributed by atoms with E-state index in [4.69, 9.17) is 27.9 Å². The number of halogens is 5. The molecular weight excluding hydrogens is 416 g/mol. The minimum absolute atomic E-state index is 0.000392. The molecule has 2 aromatic rings. The summed E-state index contributed by atoms with van der Waals surface area (Å²) >= 11 is 11.6. The maximum atomic E-state index is 13.5. The maximum absolute atomic E-state index is 13.5. The molecule has 0 fully saturated rings. The minimum atomic E-state index is -4.80. The summed E-state index contributed by atoms with van der Waals surface area (Å²) in [5.41, 5.74) is -0.843. The molecule has 0 bridgehead atoms. The Bertz CT molecular complexity index is 930. The van der Waals surface area contributed by atoms with E-state index in [1.165, 1.54) is 24.3 Å². The highest BCUT2D eigenvalue weighted by atomic mass is 35.5. The van der Waals surface area contributed by atoms with Gasteiger partial charge in [0, 0.05) is 15.6 Å². The van der Waals surface area contributed by atoms with Crippen molar-refractivity contribution in [1.82, 2.24) is 0 Å². The lowest BCUT2D eigenvalue weighted by atomic mass is 9.99. The van der Waals surface area contributed by atoms with Crippen molar-refractivity contribution >= 4 is 40.5 Å². The van der Waals surface area contributed by atoms with Gasteiger partial charge >= 0.3 is 12.1 Å². The lowest BCUT2D eigenvalue weighted by Crippen LogP contribution is -2.13. The first-order valence-electron chi connectivity index (χ1n) is 8.10. The van der Waals surface area contributed by atoms with Gasteiger partial charge in [-0.05, 0) is 61.4 Å². The van der Waals surface area contributed by atoms with E-state index in [0.717, 1.165) is 12.1 Å². The monoisotopic (exact) mass is 430 g/mol. The van der Waals surface area contributed by atoms with Gasteiger partial charge in [0.1, 0.15) is 0 Å². The van der Waals surface area contributed by atoms with E-state index in [2.05, 4.69) is 0 Å². The molecule has 0 aliphatic heterocycles. The lowest BCUT2D eigenvalue weighted by molar-refractivity contribution is -0.0689. The van der Waals surface area contributed by atoms with Gasteiger partial charge in [-0.15, -0.1) is 0 Å². The molecule has 0 aromatic heterocycles. The van der Waals surface area contributed by atoms with Crippen LogP contribution in [-0.2, 0) is 4.74 Å². The normalized spacial score (nSPS) is 12.0. The molecule has 0 aliphatic rings. The maximum Gasteiger partial charge on any atom is 0.417 e. The summed E-state index contributed by atoms with van der Waals surface area (Å²) in [6.45, 7) is 3.39. The van der Waals surface area contributed by atoms with E-state index >= 15 is 0 Å². The number of ketones is 1. The van der Waals surface area contributed by atoms with Crippen LogP contribution in [0.1, 0.15) is 38.8 Å². The molecule has 0 aliphatic carbocycles. The van der Waals surface area contributed by atoms with E-state index < -0.39 is 23.5 Å². The third kappa shape index (κ3) is 5.36. The van der Waals surface area contributed by atoms with E-state index in [0.29, 0.717) is 11.6 Å². The molecule has 0 heterocycles. The number of hydrogen-bond donors (Lipinski definition) is 0. The Balaban J connectivity index is 2.46. The first-order valence-corrected chi connectivity index (χ1v) is 8.86. The Hall–Kier alpha value is -2.31. The average molecular weight is 431 g/mol. The highest BCUT2D eigenvalue weighted by Crippen LogP contribution is 2.36. The first-order chi connectivity index (χ1) is 13.0. The number of benzene rings is 2. The SMILES string of the molecule is CCOC(=O)c1ccc(C(=O)/C=C(\c2cc(Cl)cc(Cl)c2)C(F)(F)F)cc1C. The summed E-state index contributed by atoms with van der Waals surface area (Å²) in [5, 5.41) is 0.0273. The Kier molecular flexibility index (Phi) is 6.91. The lowest BCUT2D eigenvalue weighted by Gasteiger charge is -2.13. The Labute approximate surface area is 169 Å². The number of alkyl halides is 3. The highest BCUT2D eigenvalue weighted by molar-refractivity contribution is 6.35. The molecule has 0 spiro atoms. The molecule has 148 valence electrons. The summed E-state index contributed by atoms with van der Waals surface area (Å²) in [6, 6.07) is 7.41. The summed E-state index contributed by atoms with van der Waals surface area (Å²) in [5.74, 6) is -1.44. The number of hydrogen-bond acceptors (Lipinski definition) is 3. The second kappa shape index (κ2) is 8.80. The van der Waals surface area contributed by atoms with Gasteiger partial charge in [0.05, 0.1) is 17.7 Å². The Morgan fingerprint density at radius 2 is 1.64 bits per heavy atom. The zero-order valence-corrected chi connectivity index (χ0v) is 16.4. The minimum Gasteiger partial charge on any atom is -0.462 e. The van der Waals surface area contributed by atoms with Crippen LogP contribution in [0.5, 0.6) is 0 Å². The fraction of sp³-hybridized carbons (Fsp3) is 0.200. The molecule has 3 nitrogen and oxygen atoms in total. The van der Waals surface area contributed by atoms with E-state index in [1.807, 2.05) is 0 Å². The van der Waals surface area contributed by atoms with Gasteiger partial charge in [-0.1, -0.05) is 29.3 Å². The van der Waals surface area contributed by atoms with Crippen molar-refractivity contribution < 1.29 is 27.5 Å². The smallest absolute Gasteiger partial charge is 0.417 e.